The molecule has 2 aromatic rings. The lowest BCUT2D eigenvalue weighted by Gasteiger charge is -2.37. The lowest BCUT2D eigenvalue weighted by atomic mass is 10.1. The van der Waals surface area contributed by atoms with Gasteiger partial charge in [0.2, 0.25) is 11.9 Å². The first-order valence-electron chi connectivity index (χ1n) is 8.93. The summed E-state index contributed by atoms with van der Waals surface area (Å²) in [5, 5.41) is 2.74. The Morgan fingerprint density at radius 1 is 1.26 bits per heavy atom. The third-order valence-electron chi connectivity index (χ3n) is 4.76. The van der Waals surface area contributed by atoms with Crippen LogP contribution < -0.4 is 10.1 Å². The number of carbonyl (C=O) groups excluding carboxylic acids is 1. The molecule has 0 bridgehead atoms. The zero-order valence-corrected chi connectivity index (χ0v) is 15.6. The number of amides is 1. The van der Waals surface area contributed by atoms with Crippen LogP contribution in [0.2, 0.25) is 0 Å². The Kier molecular flexibility index (Phi) is 6.31. The first-order chi connectivity index (χ1) is 13.1. The highest BCUT2D eigenvalue weighted by Crippen LogP contribution is 2.19. The van der Waals surface area contributed by atoms with Crippen LogP contribution in [0.3, 0.4) is 0 Å². The largest absolute Gasteiger partial charge is 0.494 e. The summed E-state index contributed by atoms with van der Waals surface area (Å²) in [5.41, 5.74) is 0.911. The Hall–Kier alpha value is -2.58. The van der Waals surface area contributed by atoms with Gasteiger partial charge in [0.1, 0.15) is 0 Å². The minimum atomic E-state index is -0.345. The molecule has 1 amide bonds. The normalized spacial score (nSPS) is 16.7. The smallest absolute Gasteiger partial charge is 0.243 e. The van der Waals surface area contributed by atoms with Crippen molar-refractivity contribution < 1.29 is 13.9 Å². The molecule has 2 heterocycles. The summed E-state index contributed by atoms with van der Waals surface area (Å²) in [4.78, 5) is 24.8. The molecule has 3 rings (SSSR count). The lowest BCUT2D eigenvalue weighted by Crippen LogP contribution is -2.52. The van der Waals surface area contributed by atoms with Gasteiger partial charge in [-0.25, -0.2) is 14.4 Å². The second-order valence-corrected chi connectivity index (χ2v) is 6.52. The molecule has 27 heavy (non-hydrogen) atoms. The van der Waals surface area contributed by atoms with E-state index in [9.17, 15) is 9.18 Å². The Morgan fingerprint density at radius 3 is 2.59 bits per heavy atom. The van der Waals surface area contributed by atoms with Gasteiger partial charge in [-0.1, -0.05) is 6.07 Å². The zero-order chi connectivity index (χ0) is 19.2. The summed E-state index contributed by atoms with van der Waals surface area (Å²) in [6, 6.07) is 6.48. The SMILES string of the molecule is COc1ccc(CN2CCN([C@@H](C)C(=O)Nc3ncccn3)CC2)cc1F. The van der Waals surface area contributed by atoms with E-state index in [4.69, 9.17) is 4.74 Å². The number of rotatable bonds is 6. The maximum atomic E-state index is 13.8. The average Bonchev–Trinajstić information content (AvgIpc) is 2.69. The van der Waals surface area contributed by atoms with Crippen LogP contribution in [-0.4, -0.2) is 65.0 Å². The van der Waals surface area contributed by atoms with E-state index in [1.54, 1.807) is 24.5 Å². The number of aromatic nitrogens is 2. The molecule has 1 fully saturated rings. The number of ether oxygens (including phenoxy) is 1. The molecule has 8 heteroatoms. The molecule has 1 N–H and O–H groups in total. The van der Waals surface area contributed by atoms with E-state index in [0.717, 1.165) is 31.7 Å². The van der Waals surface area contributed by atoms with Gasteiger partial charge in [0.25, 0.3) is 0 Å². The molecule has 0 spiro atoms. The predicted molar refractivity (Wildman–Crippen MR) is 99.9 cm³/mol. The van der Waals surface area contributed by atoms with Crippen molar-refractivity contribution >= 4 is 11.9 Å². The molecular weight excluding hydrogens is 349 g/mol. The quantitative estimate of drug-likeness (QED) is 0.832. The van der Waals surface area contributed by atoms with Crippen molar-refractivity contribution in [3.63, 3.8) is 0 Å². The Morgan fingerprint density at radius 2 is 1.96 bits per heavy atom. The van der Waals surface area contributed by atoms with E-state index in [1.807, 2.05) is 13.0 Å². The van der Waals surface area contributed by atoms with E-state index in [1.165, 1.54) is 13.2 Å². The van der Waals surface area contributed by atoms with Gasteiger partial charge in [-0.2, -0.15) is 0 Å². The van der Waals surface area contributed by atoms with Gasteiger partial charge >= 0.3 is 0 Å². The van der Waals surface area contributed by atoms with Gasteiger partial charge in [-0.3, -0.25) is 19.9 Å². The van der Waals surface area contributed by atoms with Crippen LogP contribution in [0.15, 0.2) is 36.7 Å². The number of hydrogen-bond donors (Lipinski definition) is 1. The maximum Gasteiger partial charge on any atom is 0.243 e. The minimum absolute atomic E-state index is 0.119. The van der Waals surface area contributed by atoms with Gasteiger partial charge in [0.05, 0.1) is 13.2 Å². The van der Waals surface area contributed by atoms with Crippen molar-refractivity contribution in [2.24, 2.45) is 0 Å². The number of piperazine rings is 1. The standard InChI is InChI=1S/C19H24FN5O2/c1-14(18(26)23-19-21-6-3-7-22-19)25-10-8-24(9-11-25)13-15-4-5-17(27-2)16(20)12-15/h3-7,12,14H,8-11,13H2,1-2H3,(H,21,22,23,26)/t14-/m0/s1. The van der Waals surface area contributed by atoms with Crippen LogP contribution in [0.25, 0.3) is 0 Å². The van der Waals surface area contributed by atoms with Crippen LogP contribution in [-0.2, 0) is 11.3 Å². The third kappa shape index (κ3) is 4.99. The Labute approximate surface area is 158 Å². The van der Waals surface area contributed by atoms with Gasteiger partial charge in [-0.05, 0) is 30.7 Å². The van der Waals surface area contributed by atoms with Crippen LogP contribution >= 0.6 is 0 Å². The third-order valence-corrected chi connectivity index (χ3v) is 4.76. The summed E-state index contributed by atoms with van der Waals surface area (Å²) in [6.45, 7) is 5.71. The second kappa shape index (κ2) is 8.88. The highest BCUT2D eigenvalue weighted by molar-refractivity contribution is 5.93. The van der Waals surface area contributed by atoms with Crippen molar-refractivity contribution in [3.05, 3.63) is 48.0 Å². The highest BCUT2D eigenvalue weighted by atomic mass is 19.1. The first kappa shape index (κ1) is 19.2. The molecule has 1 aromatic carbocycles. The molecule has 0 saturated carbocycles. The Bertz CT molecular complexity index is 766. The van der Waals surface area contributed by atoms with Gasteiger partial charge in [-0.15, -0.1) is 0 Å². The Balaban J connectivity index is 1.49. The van der Waals surface area contributed by atoms with Gasteiger partial charge in [0, 0.05) is 45.1 Å². The van der Waals surface area contributed by atoms with Gasteiger partial charge < -0.3 is 4.74 Å². The molecule has 0 radical (unpaired) electrons. The number of benzene rings is 1. The molecule has 1 aliphatic heterocycles. The monoisotopic (exact) mass is 373 g/mol. The van der Waals surface area contributed by atoms with Crippen LogP contribution in [0.4, 0.5) is 10.3 Å². The summed E-state index contributed by atoms with van der Waals surface area (Å²) < 4.78 is 18.8. The number of nitrogens with zero attached hydrogens (tertiary/aromatic N) is 4. The van der Waals surface area contributed by atoms with E-state index < -0.39 is 0 Å². The van der Waals surface area contributed by atoms with Crippen molar-refractivity contribution in [3.8, 4) is 5.75 Å². The van der Waals surface area contributed by atoms with Crippen LogP contribution in [0.1, 0.15) is 12.5 Å². The number of anilines is 1. The first-order valence-corrected chi connectivity index (χ1v) is 8.93. The van der Waals surface area contributed by atoms with Crippen molar-refractivity contribution in [1.82, 2.24) is 19.8 Å². The maximum absolute atomic E-state index is 13.8. The van der Waals surface area contributed by atoms with Gasteiger partial charge in [0.15, 0.2) is 11.6 Å². The number of carbonyl (C=O) groups is 1. The van der Waals surface area contributed by atoms with E-state index >= 15 is 0 Å². The average molecular weight is 373 g/mol. The summed E-state index contributed by atoms with van der Waals surface area (Å²) in [5.74, 6) is 0.106. The zero-order valence-electron chi connectivity index (χ0n) is 15.6. The molecule has 144 valence electrons. The fourth-order valence-electron chi connectivity index (χ4n) is 3.12. The fourth-order valence-corrected chi connectivity index (χ4v) is 3.12. The number of nitrogens with one attached hydrogen (secondary N) is 1. The van der Waals surface area contributed by atoms with E-state index in [0.29, 0.717) is 12.5 Å². The molecular formula is C19H24FN5O2. The molecule has 1 aliphatic rings. The topological polar surface area (TPSA) is 70.6 Å². The summed E-state index contributed by atoms with van der Waals surface area (Å²) in [6.07, 6.45) is 3.18. The van der Waals surface area contributed by atoms with Crippen LogP contribution in [0.5, 0.6) is 5.75 Å². The molecule has 0 aliphatic carbocycles. The van der Waals surface area contributed by atoms with E-state index in [2.05, 4.69) is 25.1 Å². The number of methoxy groups -OCH3 is 1. The lowest BCUT2D eigenvalue weighted by molar-refractivity contribution is -0.121. The van der Waals surface area contributed by atoms with Crippen molar-refractivity contribution in [2.45, 2.75) is 19.5 Å². The molecule has 1 saturated heterocycles. The van der Waals surface area contributed by atoms with E-state index in [-0.39, 0.29) is 23.5 Å². The van der Waals surface area contributed by atoms with Crippen LogP contribution in [0, 0.1) is 5.82 Å². The molecule has 1 aromatic heterocycles. The van der Waals surface area contributed by atoms with Crippen molar-refractivity contribution in [1.29, 1.82) is 0 Å². The number of hydrogen-bond acceptors (Lipinski definition) is 6. The minimum Gasteiger partial charge on any atom is -0.494 e. The fraction of sp³-hybridized carbons (Fsp3) is 0.421. The highest BCUT2D eigenvalue weighted by Gasteiger charge is 2.26. The molecule has 0 unspecified atom stereocenters. The second-order valence-electron chi connectivity index (χ2n) is 6.52. The molecule has 7 nitrogen and oxygen atoms in total. The predicted octanol–water partition coefficient (Wildman–Crippen LogP) is 1.77. The van der Waals surface area contributed by atoms with Crippen molar-refractivity contribution in [2.75, 3.05) is 38.6 Å². The summed E-state index contributed by atoms with van der Waals surface area (Å²) >= 11 is 0. The number of halogens is 1. The molecule has 1 atom stereocenters. The summed E-state index contributed by atoms with van der Waals surface area (Å²) in [7, 11) is 1.46.